The summed E-state index contributed by atoms with van der Waals surface area (Å²) < 4.78 is 13.7. The van der Waals surface area contributed by atoms with Crippen LogP contribution in [0.2, 0.25) is 0 Å². The van der Waals surface area contributed by atoms with Gasteiger partial charge in [-0.05, 0) is 18.2 Å². The third-order valence-electron chi connectivity index (χ3n) is 4.09. The summed E-state index contributed by atoms with van der Waals surface area (Å²) in [6, 6.07) is 16.9. The molecule has 1 aliphatic heterocycles. The highest BCUT2D eigenvalue weighted by Crippen LogP contribution is 2.21. The first-order chi connectivity index (χ1) is 10.8. The Kier molecular flexibility index (Phi) is 4.36. The minimum absolute atomic E-state index is 0.139. The third kappa shape index (κ3) is 3.10. The van der Waals surface area contributed by atoms with E-state index in [0.29, 0.717) is 12.1 Å². The minimum Gasteiger partial charge on any atom is -0.368 e. The van der Waals surface area contributed by atoms with E-state index < -0.39 is 0 Å². The Morgan fingerprint density at radius 3 is 2.36 bits per heavy atom. The summed E-state index contributed by atoms with van der Waals surface area (Å²) in [4.78, 5) is 4.49. The van der Waals surface area contributed by atoms with Gasteiger partial charge in [0.15, 0.2) is 0 Å². The van der Waals surface area contributed by atoms with Gasteiger partial charge >= 0.3 is 0 Å². The predicted molar refractivity (Wildman–Crippen MR) is 85.0 cm³/mol. The van der Waals surface area contributed by atoms with Crippen molar-refractivity contribution in [2.24, 2.45) is 0 Å². The van der Waals surface area contributed by atoms with Crippen molar-refractivity contribution in [1.82, 2.24) is 4.90 Å². The SMILES string of the molecule is N#Cc1ccccc1N1CCN(Cc2ccccc2F)CC1. The Balaban J connectivity index is 1.63. The molecule has 1 fully saturated rings. The molecule has 3 rings (SSSR count). The van der Waals surface area contributed by atoms with E-state index in [1.54, 1.807) is 6.07 Å². The number of nitriles is 1. The number of rotatable bonds is 3. The molecule has 0 aromatic heterocycles. The Morgan fingerprint density at radius 1 is 0.955 bits per heavy atom. The molecule has 1 heterocycles. The van der Waals surface area contributed by atoms with E-state index in [9.17, 15) is 9.65 Å². The first-order valence-electron chi connectivity index (χ1n) is 7.48. The normalized spacial score (nSPS) is 15.5. The van der Waals surface area contributed by atoms with Gasteiger partial charge < -0.3 is 4.90 Å². The molecule has 4 heteroatoms. The highest BCUT2D eigenvalue weighted by atomic mass is 19.1. The van der Waals surface area contributed by atoms with Crippen LogP contribution in [0.5, 0.6) is 0 Å². The number of halogens is 1. The van der Waals surface area contributed by atoms with Crippen molar-refractivity contribution in [3.8, 4) is 6.07 Å². The lowest BCUT2D eigenvalue weighted by Gasteiger charge is -2.36. The molecule has 1 saturated heterocycles. The molecule has 0 spiro atoms. The molecule has 0 radical (unpaired) electrons. The maximum absolute atomic E-state index is 13.7. The van der Waals surface area contributed by atoms with Crippen LogP contribution >= 0.6 is 0 Å². The van der Waals surface area contributed by atoms with E-state index in [-0.39, 0.29) is 5.82 Å². The Labute approximate surface area is 130 Å². The summed E-state index contributed by atoms with van der Waals surface area (Å²) in [5.74, 6) is -0.139. The molecular formula is C18H18FN3. The lowest BCUT2D eigenvalue weighted by Crippen LogP contribution is -2.46. The van der Waals surface area contributed by atoms with E-state index in [0.717, 1.165) is 37.4 Å². The van der Waals surface area contributed by atoms with Crippen LogP contribution in [0.4, 0.5) is 10.1 Å². The van der Waals surface area contributed by atoms with Crippen molar-refractivity contribution in [1.29, 1.82) is 5.26 Å². The van der Waals surface area contributed by atoms with Crippen molar-refractivity contribution in [3.63, 3.8) is 0 Å². The molecule has 0 atom stereocenters. The molecule has 0 aliphatic carbocycles. The van der Waals surface area contributed by atoms with Gasteiger partial charge in [-0.3, -0.25) is 4.90 Å². The molecule has 0 bridgehead atoms. The molecule has 1 aliphatic rings. The smallest absolute Gasteiger partial charge is 0.127 e. The molecule has 22 heavy (non-hydrogen) atoms. The van der Waals surface area contributed by atoms with E-state index in [1.807, 2.05) is 36.4 Å². The van der Waals surface area contributed by atoms with Crippen molar-refractivity contribution in [3.05, 3.63) is 65.5 Å². The van der Waals surface area contributed by atoms with E-state index >= 15 is 0 Å². The van der Waals surface area contributed by atoms with Crippen LogP contribution < -0.4 is 4.90 Å². The fraction of sp³-hybridized carbons (Fsp3) is 0.278. The topological polar surface area (TPSA) is 30.3 Å². The summed E-state index contributed by atoms with van der Waals surface area (Å²) in [6.45, 7) is 4.09. The zero-order valence-electron chi connectivity index (χ0n) is 12.4. The number of hydrogen-bond donors (Lipinski definition) is 0. The van der Waals surface area contributed by atoms with Gasteiger partial charge in [-0.2, -0.15) is 5.26 Å². The highest BCUT2D eigenvalue weighted by Gasteiger charge is 2.19. The number of piperazine rings is 1. The van der Waals surface area contributed by atoms with Crippen molar-refractivity contribution < 1.29 is 4.39 Å². The van der Waals surface area contributed by atoms with E-state index in [4.69, 9.17) is 0 Å². The quantitative estimate of drug-likeness (QED) is 0.872. The molecule has 0 unspecified atom stereocenters. The molecule has 0 amide bonds. The van der Waals surface area contributed by atoms with Gasteiger partial charge in [0.05, 0.1) is 11.3 Å². The zero-order chi connectivity index (χ0) is 15.4. The maximum atomic E-state index is 13.7. The average molecular weight is 295 g/mol. The second kappa shape index (κ2) is 6.59. The molecule has 3 nitrogen and oxygen atoms in total. The average Bonchev–Trinajstić information content (AvgIpc) is 2.58. The zero-order valence-corrected chi connectivity index (χ0v) is 12.4. The summed E-state index contributed by atoms with van der Waals surface area (Å²) in [6.07, 6.45) is 0. The van der Waals surface area contributed by atoms with Gasteiger partial charge in [-0.15, -0.1) is 0 Å². The summed E-state index contributed by atoms with van der Waals surface area (Å²) in [5.41, 5.74) is 2.45. The lowest BCUT2D eigenvalue weighted by atomic mass is 10.1. The number of anilines is 1. The predicted octanol–water partition coefficient (Wildman–Crippen LogP) is 3.02. The fourth-order valence-electron chi connectivity index (χ4n) is 2.86. The molecule has 0 saturated carbocycles. The van der Waals surface area contributed by atoms with Crippen LogP contribution in [-0.4, -0.2) is 31.1 Å². The summed E-state index contributed by atoms with van der Waals surface area (Å²) >= 11 is 0. The van der Waals surface area contributed by atoms with Crippen molar-refractivity contribution in [2.45, 2.75) is 6.54 Å². The molecule has 0 N–H and O–H groups in total. The van der Waals surface area contributed by atoms with Gasteiger partial charge in [-0.25, -0.2) is 4.39 Å². The monoisotopic (exact) mass is 295 g/mol. The maximum Gasteiger partial charge on any atom is 0.127 e. The fourth-order valence-corrected chi connectivity index (χ4v) is 2.86. The number of nitrogens with zero attached hydrogens (tertiary/aromatic N) is 3. The van der Waals surface area contributed by atoms with Crippen molar-refractivity contribution >= 4 is 5.69 Å². The Hall–Kier alpha value is -2.38. The molecule has 2 aromatic carbocycles. The molecular weight excluding hydrogens is 277 g/mol. The lowest BCUT2D eigenvalue weighted by molar-refractivity contribution is 0.246. The first kappa shape index (κ1) is 14.6. The van der Waals surface area contributed by atoms with Crippen LogP contribution in [0.25, 0.3) is 0 Å². The van der Waals surface area contributed by atoms with E-state index in [1.165, 1.54) is 6.07 Å². The van der Waals surface area contributed by atoms with Gasteiger partial charge in [0.1, 0.15) is 11.9 Å². The van der Waals surface area contributed by atoms with Crippen LogP contribution in [0.1, 0.15) is 11.1 Å². The van der Waals surface area contributed by atoms with Gasteiger partial charge in [0, 0.05) is 38.3 Å². The van der Waals surface area contributed by atoms with E-state index in [2.05, 4.69) is 15.9 Å². The second-order valence-corrected chi connectivity index (χ2v) is 5.48. The van der Waals surface area contributed by atoms with Gasteiger partial charge in [-0.1, -0.05) is 30.3 Å². The van der Waals surface area contributed by atoms with Crippen molar-refractivity contribution in [2.75, 3.05) is 31.1 Å². The Bertz CT molecular complexity index is 685. The van der Waals surface area contributed by atoms with Gasteiger partial charge in [0.2, 0.25) is 0 Å². The van der Waals surface area contributed by atoms with Crippen LogP contribution in [0.15, 0.2) is 48.5 Å². The summed E-state index contributed by atoms with van der Waals surface area (Å²) in [7, 11) is 0. The third-order valence-corrected chi connectivity index (χ3v) is 4.09. The number of hydrogen-bond acceptors (Lipinski definition) is 3. The Morgan fingerprint density at radius 2 is 1.64 bits per heavy atom. The standard InChI is InChI=1S/C18H18FN3/c19-17-7-3-1-6-16(17)14-21-9-11-22(12-10-21)18-8-4-2-5-15(18)13-20/h1-8H,9-12,14H2. The largest absolute Gasteiger partial charge is 0.368 e. The molecule has 112 valence electrons. The van der Waals surface area contributed by atoms with Crippen LogP contribution in [0, 0.1) is 17.1 Å². The molecule has 2 aromatic rings. The first-order valence-corrected chi connectivity index (χ1v) is 7.48. The van der Waals surface area contributed by atoms with Crippen LogP contribution in [0.3, 0.4) is 0 Å². The van der Waals surface area contributed by atoms with Gasteiger partial charge in [0.25, 0.3) is 0 Å². The number of para-hydroxylation sites is 1. The minimum atomic E-state index is -0.139. The summed E-state index contributed by atoms with van der Waals surface area (Å²) in [5, 5.41) is 9.20. The highest BCUT2D eigenvalue weighted by molar-refractivity contribution is 5.59. The second-order valence-electron chi connectivity index (χ2n) is 5.48. The number of benzene rings is 2. The van der Waals surface area contributed by atoms with Crippen LogP contribution in [-0.2, 0) is 6.54 Å².